The molecule has 0 heterocycles. The first-order chi connectivity index (χ1) is 12.5. The van der Waals surface area contributed by atoms with Crippen LogP contribution < -0.4 is 5.32 Å². The van der Waals surface area contributed by atoms with Gasteiger partial charge >= 0.3 is 0 Å². The second kappa shape index (κ2) is 11.0. The van der Waals surface area contributed by atoms with E-state index < -0.39 is 0 Å². The lowest BCUT2D eigenvalue weighted by molar-refractivity contribution is -0.127. The maximum absolute atomic E-state index is 12.1. The predicted octanol–water partition coefficient (Wildman–Crippen LogP) is 3.64. The average molecular weight is 368 g/mol. The van der Waals surface area contributed by atoms with Gasteiger partial charge in [-0.25, -0.2) is 0 Å². The van der Waals surface area contributed by atoms with Crippen molar-refractivity contribution < 1.29 is 19.1 Å². The molecule has 2 saturated carbocycles. The van der Waals surface area contributed by atoms with Gasteiger partial charge in [-0.05, 0) is 58.3 Å². The van der Waals surface area contributed by atoms with E-state index >= 15 is 0 Å². The van der Waals surface area contributed by atoms with Crippen LogP contribution in [0.15, 0.2) is 0 Å². The highest BCUT2D eigenvalue weighted by Gasteiger charge is 2.28. The van der Waals surface area contributed by atoms with Crippen molar-refractivity contribution in [3.63, 3.8) is 0 Å². The van der Waals surface area contributed by atoms with E-state index in [2.05, 4.69) is 5.32 Å². The topological polar surface area (TPSA) is 64.6 Å². The lowest BCUT2D eigenvalue weighted by atomic mass is 9.80. The van der Waals surface area contributed by atoms with Crippen molar-refractivity contribution in [1.82, 2.24) is 5.32 Å². The maximum atomic E-state index is 12.1. The molecular weight excluding hydrogens is 330 g/mol. The average Bonchev–Trinajstić information content (AvgIpc) is 2.63. The van der Waals surface area contributed by atoms with Crippen LogP contribution in [-0.2, 0) is 19.1 Å². The Kier molecular flexibility index (Phi) is 9.06. The number of carbonyl (C=O) groups is 2. The molecule has 0 aliphatic heterocycles. The first kappa shape index (κ1) is 21.4. The minimum Gasteiger partial charge on any atom is -0.379 e. The Hall–Kier alpha value is -0.940. The number of hydrogen-bond acceptors (Lipinski definition) is 4. The van der Waals surface area contributed by atoms with E-state index in [1.54, 1.807) is 0 Å². The van der Waals surface area contributed by atoms with Crippen LogP contribution in [-0.4, -0.2) is 43.2 Å². The van der Waals surface area contributed by atoms with Crippen molar-refractivity contribution >= 4 is 11.7 Å². The predicted molar refractivity (Wildman–Crippen MR) is 102 cm³/mol. The molecule has 5 nitrogen and oxygen atoms in total. The Labute approximate surface area is 158 Å². The summed E-state index contributed by atoms with van der Waals surface area (Å²) in [7, 11) is 0. The molecule has 1 amide bonds. The number of nitrogens with one attached hydrogen (secondary N) is 1. The van der Waals surface area contributed by atoms with E-state index in [4.69, 9.17) is 9.47 Å². The molecule has 2 fully saturated rings. The summed E-state index contributed by atoms with van der Waals surface area (Å²) in [5.41, 5.74) is 0. The van der Waals surface area contributed by atoms with E-state index in [0.29, 0.717) is 24.9 Å². The van der Waals surface area contributed by atoms with Crippen LogP contribution in [0.1, 0.15) is 78.6 Å². The molecule has 0 unspecified atom stereocenters. The van der Waals surface area contributed by atoms with Crippen molar-refractivity contribution in [2.75, 3.05) is 13.2 Å². The Morgan fingerprint density at radius 2 is 1.50 bits per heavy atom. The number of ether oxygens (including phenoxy) is 2. The standard InChI is InChI=1S/C21H37NO4/c1-4-25-18-9-11-19(12-10-18)26-14-13-20(23)22-17-7-5-16(6-8-17)21(24)15(2)3/h15-19H,4-14H2,1-3H3,(H,22,23)/t16-,17+,18-,19-. The number of amides is 1. The SMILES string of the molecule is CCO[C@H]1CC[C@H](OCCC(=O)N[C@H]2CC[C@@H](C(=O)C(C)C)CC2)CC1. The molecule has 0 aromatic carbocycles. The van der Waals surface area contributed by atoms with Crippen molar-refractivity contribution in [2.24, 2.45) is 11.8 Å². The van der Waals surface area contributed by atoms with Gasteiger partial charge in [0.2, 0.25) is 5.91 Å². The maximum Gasteiger partial charge on any atom is 0.222 e. The third-order valence-electron chi connectivity index (χ3n) is 5.77. The van der Waals surface area contributed by atoms with Crippen LogP contribution in [0.25, 0.3) is 0 Å². The molecule has 26 heavy (non-hydrogen) atoms. The van der Waals surface area contributed by atoms with Gasteiger partial charge in [-0.15, -0.1) is 0 Å². The monoisotopic (exact) mass is 367 g/mol. The van der Waals surface area contributed by atoms with E-state index in [-0.39, 0.29) is 29.9 Å². The fraction of sp³-hybridized carbons (Fsp3) is 0.905. The summed E-state index contributed by atoms with van der Waals surface area (Å²) in [4.78, 5) is 24.2. The Morgan fingerprint density at radius 1 is 0.923 bits per heavy atom. The Balaban J connectivity index is 1.55. The van der Waals surface area contributed by atoms with E-state index in [0.717, 1.165) is 58.0 Å². The van der Waals surface area contributed by atoms with Gasteiger partial charge in [0.1, 0.15) is 5.78 Å². The summed E-state index contributed by atoms with van der Waals surface area (Å²) in [6, 6.07) is 0.223. The summed E-state index contributed by atoms with van der Waals surface area (Å²) in [5, 5.41) is 3.12. The summed E-state index contributed by atoms with van der Waals surface area (Å²) in [5.74, 6) is 0.763. The van der Waals surface area contributed by atoms with Crippen molar-refractivity contribution in [3.05, 3.63) is 0 Å². The highest BCUT2D eigenvalue weighted by atomic mass is 16.5. The first-order valence-electron chi connectivity index (χ1n) is 10.6. The summed E-state index contributed by atoms with van der Waals surface area (Å²) >= 11 is 0. The zero-order valence-electron chi connectivity index (χ0n) is 16.8. The highest BCUT2D eigenvalue weighted by Crippen LogP contribution is 2.27. The molecular formula is C21H37NO4. The second-order valence-electron chi connectivity index (χ2n) is 8.15. The zero-order chi connectivity index (χ0) is 18.9. The number of hydrogen-bond donors (Lipinski definition) is 1. The molecule has 2 aliphatic rings. The highest BCUT2D eigenvalue weighted by molar-refractivity contribution is 5.83. The van der Waals surface area contributed by atoms with Gasteiger partial charge in [-0.1, -0.05) is 13.8 Å². The Bertz CT molecular complexity index is 435. The largest absolute Gasteiger partial charge is 0.379 e. The molecule has 0 aromatic heterocycles. The van der Waals surface area contributed by atoms with Gasteiger partial charge in [0.05, 0.1) is 18.8 Å². The molecule has 5 heteroatoms. The van der Waals surface area contributed by atoms with Crippen molar-refractivity contribution in [2.45, 2.75) is 96.8 Å². The van der Waals surface area contributed by atoms with Crippen molar-refractivity contribution in [3.8, 4) is 0 Å². The second-order valence-corrected chi connectivity index (χ2v) is 8.15. The van der Waals surface area contributed by atoms with Gasteiger partial charge < -0.3 is 14.8 Å². The van der Waals surface area contributed by atoms with Gasteiger partial charge in [-0.2, -0.15) is 0 Å². The molecule has 0 spiro atoms. The lowest BCUT2D eigenvalue weighted by Gasteiger charge is -2.29. The zero-order valence-corrected chi connectivity index (χ0v) is 16.8. The molecule has 0 aromatic rings. The van der Waals surface area contributed by atoms with Crippen LogP contribution in [0.3, 0.4) is 0 Å². The smallest absolute Gasteiger partial charge is 0.222 e. The Morgan fingerprint density at radius 3 is 2.04 bits per heavy atom. The molecule has 0 saturated heterocycles. The quantitative estimate of drug-likeness (QED) is 0.676. The molecule has 0 atom stereocenters. The minimum absolute atomic E-state index is 0.0756. The molecule has 0 radical (unpaired) electrons. The summed E-state index contributed by atoms with van der Waals surface area (Å²) < 4.78 is 11.5. The van der Waals surface area contributed by atoms with Crippen molar-refractivity contribution in [1.29, 1.82) is 0 Å². The first-order valence-corrected chi connectivity index (χ1v) is 10.6. The fourth-order valence-corrected chi connectivity index (χ4v) is 4.21. The summed E-state index contributed by atoms with van der Waals surface area (Å²) in [6.45, 7) is 7.26. The molecule has 2 rings (SSSR count). The lowest BCUT2D eigenvalue weighted by Crippen LogP contribution is -2.39. The number of rotatable bonds is 9. The number of carbonyl (C=O) groups excluding carboxylic acids is 2. The van der Waals surface area contributed by atoms with Crippen LogP contribution >= 0.6 is 0 Å². The minimum atomic E-state index is 0.0756. The van der Waals surface area contributed by atoms with Gasteiger partial charge in [0, 0.05) is 30.9 Å². The molecule has 2 aliphatic carbocycles. The third kappa shape index (κ3) is 6.99. The van der Waals surface area contributed by atoms with Crippen LogP contribution in [0.5, 0.6) is 0 Å². The van der Waals surface area contributed by atoms with Gasteiger partial charge in [0.25, 0.3) is 0 Å². The van der Waals surface area contributed by atoms with E-state index in [1.165, 1.54) is 0 Å². The number of ketones is 1. The van der Waals surface area contributed by atoms with E-state index in [9.17, 15) is 9.59 Å². The van der Waals surface area contributed by atoms with E-state index in [1.807, 2.05) is 20.8 Å². The van der Waals surface area contributed by atoms with Crippen LogP contribution in [0, 0.1) is 11.8 Å². The normalized spacial score (nSPS) is 29.5. The fourth-order valence-electron chi connectivity index (χ4n) is 4.21. The molecule has 0 bridgehead atoms. The summed E-state index contributed by atoms with van der Waals surface area (Å²) in [6.07, 6.45) is 8.90. The van der Waals surface area contributed by atoms with Crippen LogP contribution in [0.2, 0.25) is 0 Å². The molecule has 150 valence electrons. The van der Waals surface area contributed by atoms with Crippen LogP contribution in [0.4, 0.5) is 0 Å². The molecule has 1 N–H and O–H groups in total. The third-order valence-corrected chi connectivity index (χ3v) is 5.77. The van der Waals surface area contributed by atoms with Gasteiger partial charge in [-0.3, -0.25) is 9.59 Å². The number of Topliss-reactive ketones (excluding diaryl/α,β-unsaturated/α-hetero) is 1. The van der Waals surface area contributed by atoms with Gasteiger partial charge in [0.15, 0.2) is 0 Å².